The van der Waals surface area contributed by atoms with Gasteiger partial charge in [-0.2, -0.15) is 0 Å². The van der Waals surface area contributed by atoms with E-state index < -0.39 is 24.1 Å². The summed E-state index contributed by atoms with van der Waals surface area (Å²) in [4.78, 5) is 0. The first-order valence-corrected chi connectivity index (χ1v) is 6.05. The van der Waals surface area contributed by atoms with Gasteiger partial charge in [0.1, 0.15) is 13.7 Å². The van der Waals surface area contributed by atoms with Crippen molar-refractivity contribution in [2.24, 2.45) is 0 Å². The molecule has 1 aliphatic heterocycles. The normalized spacial score (nSPS) is 21.3. The van der Waals surface area contributed by atoms with Crippen molar-refractivity contribution in [3.8, 4) is 0 Å². The zero-order valence-corrected chi connectivity index (χ0v) is 11.5. The van der Waals surface area contributed by atoms with E-state index in [1.165, 1.54) is 6.07 Å². The summed E-state index contributed by atoms with van der Waals surface area (Å²) in [6, 6.07) is 3.00. The molecule has 1 aliphatic rings. The lowest BCUT2D eigenvalue weighted by Gasteiger charge is -2.32. The number of benzene rings is 1. The van der Waals surface area contributed by atoms with Gasteiger partial charge in [0.05, 0.1) is 11.2 Å². The van der Waals surface area contributed by atoms with E-state index in [2.05, 4.69) is 0 Å². The van der Waals surface area contributed by atoms with Gasteiger partial charge in [-0.1, -0.05) is 11.5 Å². The summed E-state index contributed by atoms with van der Waals surface area (Å²) in [5.41, 5.74) is 6.39. The number of hydrogen-bond donors (Lipinski definition) is 1. The second-order valence-corrected chi connectivity index (χ2v) is 5.82. The fraction of sp³-hybridized carbons (Fsp3) is 0.500. The molecule has 1 fully saturated rings. The summed E-state index contributed by atoms with van der Waals surface area (Å²) in [7, 11) is 1.15. The van der Waals surface area contributed by atoms with Crippen molar-refractivity contribution >= 4 is 31.6 Å². The van der Waals surface area contributed by atoms with Crippen molar-refractivity contribution in [1.29, 1.82) is 0 Å². The topological polar surface area (TPSA) is 44.5 Å². The molecule has 1 aromatic carbocycles. The molecule has 0 aliphatic carbocycles. The second kappa shape index (κ2) is 4.00. The molecule has 0 atom stereocenters. The molecule has 6 heteroatoms. The lowest BCUT2D eigenvalue weighted by atomic mass is 9.75. The van der Waals surface area contributed by atoms with Gasteiger partial charge < -0.3 is 15.0 Å². The van der Waals surface area contributed by atoms with Gasteiger partial charge in [-0.3, -0.25) is 0 Å². The predicted octanol–water partition coefficient (Wildman–Crippen LogP) is -0.0345. The highest BCUT2D eigenvalue weighted by Crippen LogP contribution is 2.36. The molecule has 0 radical (unpaired) electrons. The van der Waals surface area contributed by atoms with Crippen LogP contribution in [0.1, 0.15) is 27.7 Å². The van der Waals surface area contributed by atoms with Crippen LogP contribution in [0.15, 0.2) is 12.1 Å². The molecule has 1 aromatic rings. The predicted molar refractivity (Wildman–Crippen MR) is 74.7 cm³/mol. The highest BCUT2D eigenvalue weighted by Gasteiger charge is 2.52. The summed E-state index contributed by atoms with van der Waals surface area (Å²) in [6.45, 7) is 7.76. The number of nitrogens with two attached hydrogens (primary N) is 1. The minimum absolute atomic E-state index is 0.392. The van der Waals surface area contributed by atoms with E-state index in [-0.39, 0.29) is 0 Å². The molecule has 2 rings (SSSR count). The number of hydrogen-bond acceptors (Lipinski definition) is 3. The molecule has 0 bridgehead atoms. The summed E-state index contributed by atoms with van der Waals surface area (Å²) in [5, 5.41) is 0. The molecule has 0 amide bonds. The first-order valence-electron chi connectivity index (χ1n) is 6.05. The molecule has 1 heterocycles. The van der Waals surface area contributed by atoms with E-state index in [0.717, 1.165) is 5.46 Å². The average molecular weight is 249 g/mol. The van der Waals surface area contributed by atoms with Crippen LogP contribution in [0.5, 0.6) is 0 Å². The van der Waals surface area contributed by atoms with Gasteiger partial charge in [-0.15, -0.1) is 0 Å². The SMILES string of the molecule is Bc1cc(B2OC(C)(C)C(C)(C)O2)c(F)cc1N. The molecule has 1 saturated heterocycles. The Hall–Kier alpha value is -1.00. The maximum absolute atomic E-state index is 13.9. The number of nitrogen functional groups attached to an aromatic ring is 1. The van der Waals surface area contributed by atoms with Crippen LogP contribution in [0.2, 0.25) is 0 Å². The molecule has 0 saturated carbocycles. The minimum atomic E-state index is -0.686. The van der Waals surface area contributed by atoms with E-state index >= 15 is 0 Å². The van der Waals surface area contributed by atoms with Crippen LogP contribution in [-0.4, -0.2) is 26.2 Å². The minimum Gasteiger partial charge on any atom is -0.399 e. The molecule has 96 valence electrons. The number of anilines is 1. The quantitative estimate of drug-likeness (QED) is 0.561. The van der Waals surface area contributed by atoms with Crippen molar-refractivity contribution in [2.45, 2.75) is 38.9 Å². The van der Waals surface area contributed by atoms with Crippen LogP contribution < -0.4 is 16.7 Å². The van der Waals surface area contributed by atoms with Crippen molar-refractivity contribution in [3.05, 3.63) is 17.9 Å². The Balaban J connectivity index is 2.38. The largest absolute Gasteiger partial charge is 0.497 e. The fourth-order valence-corrected chi connectivity index (χ4v) is 1.87. The van der Waals surface area contributed by atoms with Crippen LogP contribution in [0.4, 0.5) is 10.1 Å². The van der Waals surface area contributed by atoms with Crippen LogP contribution in [0, 0.1) is 5.82 Å². The van der Waals surface area contributed by atoms with Gasteiger partial charge in [0.25, 0.3) is 0 Å². The average Bonchev–Trinajstić information content (AvgIpc) is 2.42. The van der Waals surface area contributed by atoms with Gasteiger partial charge in [-0.25, -0.2) is 4.39 Å². The molecule has 18 heavy (non-hydrogen) atoms. The monoisotopic (exact) mass is 249 g/mol. The molecular formula is C12H18B2FNO2. The fourth-order valence-electron chi connectivity index (χ4n) is 1.87. The van der Waals surface area contributed by atoms with E-state index in [1.807, 2.05) is 35.5 Å². The van der Waals surface area contributed by atoms with E-state index in [9.17, 15) is 4.39 Å². The number of rotatable bonds is 1. The molecular weight excluding hydrogens is 231 g/mol. The van der Waals surface area contributed by atoms with Crippen LogP contribution >= 0.6 is 0 Å². The summed E-state index contributed by atoms with van der Waals surface area (Å²) < 4.78 is 25.6. The maximum Gasteiger partial charge on any atom is 0.497 e. The van der Waals surface area contributed by atoms with Crippen molar-refractivity contribution in [2.75, 3.05) is 5.73 Å². The first kappa shape index (κ1) is 13.4. The highest BCUT2D eigenvalue weighted by molar-refractivity contribution is 6.62. The maximum atomic E-state index is 13.9. The second-order valence-electron chi connectivity index (χ2n) is 5.82. The third-order valence-electron chi connectivity index (χ3n) is 3.89. The highest BCUT2D eigenvalue weighted by atomic mass is 19.1. The molecule has 2 N–H and O–H groups in total. The van der Waals surface area contributed by atoms with Gasteiger partial charge in [-0.05, 0) is 33.8 Å². The van der Waals surface area contributed by atoms with Crippen molar-refractivity contribution in [3.63, 3.8) is 0 Å². The third kappa shape index (κ3) is 2.04. The third-order valence-corrected chi connectivity index (χ3v) is 3.89. The summed E-state index contributed by atoms with van der Waals surface area (Å²) in [5.74, 6) is -0.392. The van der Waals surface area contributed by atoms with Crippen molar-refractivity contribution in [1.82, 2.24) is 0 Å². The van der Waals surface area contributed by atoms with E-state index in [4.69, 9.17) is 15.0 Å². The lowest BCUT2D eigenvalue weighted by Crippen LogP contribution is -2.41. The van der Waals surface area contributed by atoms with Crippen LogP contribution in [-0.2, 0) is 9.31 Å². The molecule has 0 spiro atoms. The van der Waals surface area contributed by atoms with Crippen LogP contribution in [0.3, 0.4) is 0 Å². The van der Waals surface area contributed by atoms with Gasteiger partial charge >= 0.3 is 7.12 Å². The summed E-state index contributed by atoms with van der Waals surface area (Å²) >= 11 is 0. The Kier molecular flexibility index (Phi) is 2.98. The van der Waals surface area contributed by atoms with E-state index in [0.29, 0.717) is 11.2 Å². The van der Waals surface area contributed by atoms with E-state index in [1.54, 1.807) is 6.07 Å². The Morgan fingerprint density at radius 2 is 1.67 bits per heavy atom. The zero-order valence-electron chi connectivity index (χ0n) is 11.5. The van der Waals surface area contributed by atoms with Crippen molar-refractivity contribution < 1.29 is 13.7 Å². The lowest BCUT2D eigenvalue weighted by molar-refractivity contribution is 0.00578. The Labute approximate surface area is 108 Å². The standard InChI is InChI=1S/C12H18B2FNO2/c1-11(2)12(3,4)18-14(17-11)8-5-7(13)10(16)6-9(8)15/h5-6H,13,16H2,1-4H3. The smallest absolute Gasteiger partial charge is 0.399 e. The summed E-state index contributed by atoms with van der Waals surface area (Å²) in [6.07, 6.45) is 0. The molecule has 0 aromatic heterocycles. The first-order chi connectivity index (χ1) is 8.14. The Morgan fingerprint density at radius 3 is 2.17 bits per heavy atom. The molecule has 0 unspecified atom stereocenters. The van der Waals surface area contributed by atoms with Gasteiger partial charge in [0.2, 0.25) is 0 Å². The van der Waals surface area contributed by atoms with Crippen LogP contribution in [0.25, 0.3) is 0 Å². The Morgan fingerprint density at radius 1 is 1.17 bits per heavy atom. The van der Waals surface area contributed by atoms with Gasteiger partial charge in [0.15, 0.2) is 0 Å². The Bertz CT molecular complexity index is 475. The van der Waals surface area contributed by atoms with Gasteiger partial charge in [0, 0.05) is 11.2 Å². The molecule has 3 nitrogen and oxygen atoms in total. The zero-order chi connectivity index (χ0) is 13.7. The number of halogens is 1.